The van der Waals surface area contributed by atoms with Crippen molar-refractivity contribution in [2.45, 2.75) is 24.3 Å². The third kappa shape index (κ3) is 3.63. The summed E-state index contributed by atoms with van der Waals surface area (Å²) in [5.41, 5.74) is 1.20. The summed E-state index contributed by atoms with van der Waals surface area (Å²) in [5.74, 6) is -0.268. The van der Waals surface area contributed by atoms with Crippen molar-refractivity contribution in [2.75, 3.05) is 13.1 Å². The molecule has 128 valence electrons. The standard InChI is InChI=1S/C16H18ClN3O3S/c17-13-9-15(18-11-13)16(21)19-10-12-3-5-14(6-4-12)24(22,23)20-7-1-2-8-20/h3-6,9,11,18H,1-2,7-8,10H2,(H,19,21). The number of hydrogen-bond donors (Lipinski definition) is 2. The van der Waals surface area contributed by atoms with Crippen molar-refractivity contribution in [1.82, 2.24) is 14.6 Å². The van der Waals surface area contributed by atoms with Gasteiger partial charge in [-0.25, -0.2) is 8.42 Å². The molecule has 0 bridgehead atoms. The first-order valence-electron chi connectivity index (χ1n) is 7.68. The van der Waals surface area contributed by atoms with Gasteiger partial charge in [-0.3, -0.25) is 4.79 Å². The Labute approximate surface area is 145 Å². The van der Waals surface area contributed by atoms with Crippen molar-refractivity contribution in [1.29, 1.82) is 0 Å². The van der Waals surface area contributed by atoms with Crippen LogP contribution in [0.5, 0.6) is 0 Å². The minimum atomic E-state index is -3.40. The van der Waals surface area contributed by atoms with Crippen LogP contribution < -0.4 is 5.32 Å². The summed E-state index contributed by atoms with van der Waals surface area (Å²) in [4.78, 5) is 15.0. The lowest BCUT2D eigenvalue weighted by Crippen LogP contribution is -2.28. The van der Waals surface area contributed by atoms with Crippen molar-refractivity contribution in [3.05, 3.63) is 52.8 Å². The quantitative estimate of drug-likeness (QED) is 0.851. The van der Waals surface area contributed by atoms with Crippen LogP contribution in [0, 0.1) is 0 Å². The maximum Gasteiger partial charge on any atom is 0.268 e. The van der Waals surface area contributed by atoms with E-state index in [1.807, 2.05) is 0 Å². The molecular weight excluding hydrogens is 350 g/mol. The average Bonchev–Trinajstić information content (AvgIpc) is 3.25. The molecule has 2 heterocycles. The zero-order valence-electron chi connectivity index (χ0n) is 13.0. The van der Waals surface area contributed by atoms with Crippen LogP contribution in [0.3, 0.4) is 0 Å². The molecule has 1 amide bonds. The Hall–Kier alpha value is -1.83. The molecule has 1 aromatic carbocycles. The molecule has 3 rings (SSSR count). The van der Waals surface area contributed by atoms with Crippen LogP contribution in [-0.4, -0.2) is 36.7 Å². The van der Waals surface area contributed by atoms with E-state index in [0.29, 0.717) is 30.4 Å². The number of carbonyl (C=O) groups excluding carboxylic acids is 1. The zero-order valence-corrected chi connectivity index (χ0v) is 14.5. The third-order valence-electron chi connectivity index (χ3n) is 3.97. The summed E-state index contributed by atoms with van der Waals surface area (Å²) in [6.45, 7) is 1.47. The molecule has 1 saturated heterocycles. The highest BCUT2D eigenvalue weighted by Gasteiger charge is 2.26. The number of nitrogens with one attached hydrogen (secondary N) is 2. The van der Waals surface area contributed by atoms with Gasteiger partial charge in [0.15, 0.2) is 0 Å². The van der Waals surface area contributed by atoms with E-state index in [1.165, 1.54) is 10.5 Å². The molecule has 0 atom stereocenters. The zero-order chi connectivity index (χ0) is 17.2. The third-order valence-corrected chi connectivity index (χ3v) is 6.10. The number of H-pyrrole nitrogens is 1. The number of nitrogens with zero attached hydrogens (tertiary/aromatic N) is 1. The van der Waals surface area contributed by atoms with Gasteiger partial charge in [-0.05, 0) is 36.6 Å². The number of aromatic amines is 1. The second-order valence-corrected chi connectivity index (χ2v) is 8.04. The molecule has 1 aliphatic heterocycles. The van der Waals surface area contributed by atoms with Crippen LogP contribution in [0.25, 0.3) is 0 Å². The maximum atomic E-state index is 12.4. The number of aromatic nitrogens is 1. The summed E-state index contributed by atoms with van der Waals surface area (Å²) in [6, 6.07) is 8.14. The van der Waals surface area contributed by atoms with E-state index in [-0.39, 0.29) is 10.8 Å². The van der Waals surface area contributed by atoms with E-state index in [2.05, 4.69) is 10.3 Å². The topological polar surface area (TPSA) is 82.3 Å². The highest BCUT2D eigenvalue weighted by Crippen LogP contribution is 2.21. The molecule has 0 radical (unpaired) electrons. The molecule has 2 aromatic rings. The van der Waals surface area contributed by atoms with Gasteiger partial charge < -0.3 is 10.3 Å². The Bertz CT molecular complexity index is 825. The highest BCUT2D eigenvalue weighted by atomic mass is 35.5. The lowest BCUT2D eigenvalue weighted by molar-refractivity contribution is 0.0946. The van der Waals surface area contributed by atoms with Gasteiger partial charge in [0.25, 0.3) is 5.91 Å². The van der Waals surface area contributed by atoms with Crippen LogP contribution in [0.15, 0.2) is 41.4 Å². The van der Waals surface area contributed by atoms with E-state index in [1.54, 1.807) is 30.3 Å². The molecule has 1 fully saturated rings. The van der Waals surface area contributed by atoms with Gasteiger partial charge in [-0.2, -0.15) is 4.31 Å². The molecule has 0 spiro atoms. The van der Waals surface area contributed by atoms with E-state index < -0.39 is 10.0 Å². The Morgan fingerprint density at radius 1 is 1.21 bits per heavy atom. The number of amides is 1. The van der Waals surface area contributed by atoms with Crippen molar-refractivity contribution in [3.8, 4) is 0 Å². The fraction of sp³-hybridized carbons (Fsp3) is 0.312. The lowest BCUT2D eigenvalue weighted by Gasteiger charge is -2.15. The van der Waals surface area contributed by atoms with Crippen molar-refractivity contribution >= 4 is 27.5 Å². The lowest BCUT2D eigenvalue weighted by atomic mass is 10.2. The first-order valence-corrected chi connectivity index (χ1v) is 9.50. The molecule has 1 aliphatic rings. The molecule has 0 saturated carbocycles. The monoisotopic (exact) mass is 367 g/mol. The summed E-state index contributed by atoms with van der Waals surface area (Å²) in [7, 11) is -3.40. The van der Waals surface area contributed by atoms with Gasteiger partial charge in [0, 0.05) is 25.8 Å². The number of sulfonamides is 1. The Kier molecular flexibility index (Phi) is 4.93. The maximum absolute atomic E-state index is 12.4. The van der Waals surface area contributed by atoms with Gasteiger partial charge in [0.2, 0.25) is 10.0 Å². The molecule has 24 heavy (non-hydrogen) atoms. The second-order valence-electron chi connectivity index (χ2n) is 5.67. The highest BCUT2D eigenvalue weighted by molar-refractivity contribution is 7.89. The Morgan fingerprint density at radius 2 is 1.88 bits per heavy atom. The normalized spacial score (nSPS) is 15.5. The molecule has 0 aliphatic carbocycles. The Balaban J connectivity index is 1.63. The average molecular weight is 368 g/mol. The summed E-state index contributed by atoms with van der Waals surface area (Å²) in [5, 5.41) is 3.22. The molecule has 6 nitrogen and oxygen atoms in total. The Morgan fingerprint density at radius 3 is 2.46 bits per heavy atom. The minimum absolute atomic E-state index is 0.268. The SMILES string of the molecule is O=C(NCc1ccc(S(=O)(=O)N2CCCC2)cc1)c1cc(Cl)c[nH]1. The van der Waals surface area contributed by atoms with Crippen LogP contribution in [0.1, 0.15) is 28.9 Å². The summed E-state index contributed by atoms with van der Waals surface area (Å²) in [6.07, 6.45) is 3.35. The largest absolute Gasteiger partial charge is 0.356 e. The minimum Gasteiger partial charge on any atom is -0.356 e. The molecular formula is C16H18ClN3O3S. The van der Waals surface area contributed by atoms with E-state index >= 15 is 0 Å². The van der Waals surface area contributed by atoms with Gasteiger partial charge in [0.05, 0.1) is 9.92 Å². The van der Waals surface area contributed by atoms with Gasteiger partial charge >= 0.3 is 0 Å². The van der Waals surface area contributed by atoms with Crippen LogP contribution in [0.4, 0.5) is 0 Å². The first kappa shape index (κ1) is 17.0. The predicted octanol–water partition coefficient (Wildman–Crippen LogP) is 2.38. The fourth-order valence-electron chi connectivity index (χ4n) is 2.63. The van der Waals surface area contributed by atoms with Crippen LogP contribution >= 0.6 is 11.6 Å². The van der Waals surface area contributed by atoms with E-state index in [0.717, 1.165) is 18.4 Å². The molecule has 0 unspecified atom stereocenters. The molecule has 1 aromatic heterocycles. The van der Waals surface area contributed by atoms with Gasteiger partial charge in [-0.15, -0.1) is 0 Å². The number of rotatable bonds is 5. The second kappa shape index (κ2) is 6.96. The number of benzene rings is 1. The van der Waals surface area contributed by atoms with Crippen LogP contribution in [0.2, 0.25) is 5.02 Å². The molecule has 2 N–H and O–H groups in total. The van der Waals surface area contributed by atoms with E-state index in [4.69, 9.17) is 11.6 Å². The summed E-state index contributed by atoms with van der Waals surface area (Å²) >= 11 is 5.76. The van der Waals surface area contributed by atoms with Gasteiger partial charge in [0.1, 0.15) is 5.69 Å². The van der Waals surface area contributed by atoms with Gasteiger partial charge in [-0.1, -0.05) is 23.7 Å². The van der Waals surface area contributed by atoms with Crippen LogP contribution in [-0.2, 0) is 16.6 Å². The van der Waals surface area contributed by atoms with Crippen molar-refractivity contribution < 1.29 is 13.2 Å². The number of hydrogen-bond acceptors (Lipinski definition) is 3. The number of carbonyl (C=O) groups is 1. The smallest absolute Gasteiger partial charge is 0.268 e. The van der Waals surface area contributed by atoms with E-state index in [9.17, 15) is 13.2 Å². The summed E-state index contributed by atoms with van der Waals surface area (Å²) < 4.78 is 26.4. The first-order chi connectivity index (χ1) is 11.5. The van der Waals surface area contributed by atoms with Crippen molar-refractivity contribution in [2.24, 2.45) is 0 Å². The molecule has 8 heteroatoms. The predicted molar refractivity (Wildman–Crippen MR) is 91.4 cm³/mol. The fourth-order valence-corrected chi connectivity index (χ4v) is 4.31. The number of halogens is 1. The van der Waals surface area contributed by atoms with Crippen molar-refractivity contribution in [3.63, 3.8) is 0 Å².